The Bertz CT molecular complexity index is 2380. The summed E-state index contributed by atoms with van der Waals surface area (Å²) in [7, 11) is 0. The molecule has 9 amide bonds. The summed E-state index contributed by atoms with van der Waals surface area (Å²) in [5.41, 5.74) is 7.22. The molecule has 0 aliphatic heterocycles. The lowest BCUT2D eigenvalue weighted by atomic mass is 10.00. The minimum atomic E-state index is -1.57. The molecule has 0 heterocycles. The summed E-state index contributed by atoms with van der Waals surface area (Å²) in [6, 6.07) is 2.49. The van der Waals surface area contributed by atoms with Crippen LogP contribution in [0.2, 0.25) is 0 Å². The number of carbonyl (C=O) groups is 12. The molecular weight excluding hydrogens is 1030 g/mol. The standard InChI is InChI=1S/C50H72N10O16S/c1-26(2)22-37(48(73)58-36(50(75)76)17-19-41(65)66)59-49(74)38(24-30-10-8-7-9-11-30)60-47(72)35(20-21-77-6)56-44(69)28(4)53-39(62)25-52-42(67)27(3)54-43(68)29(5)55-46(71)34(16-18-40(63)64)57-45(70)33(51)23-31-12-14-32(61)15-13-31/h7-15,26-29,33-38,61H,16-25,51H2,1-6H3,(H,52,67)(H,53,62)(H,54,68)(H,55,71)(H,56,69)(H,57,70)(H,58,73)(H,59,74)(H,60,72)(H,63,64)(H,65,66)(H,75,76)/t27-,28-,29-,33-,34-,35-,36-,37-,38-/m0/s1. The van der Waals surface area contributed by atoms with E-state index in [0.717, 1.165) is 0 Å². The molecule has 0 radical (unpaired) electrons. The first-order chi connectivity index (χ1) is 36.2. The number of thioether (sulfide) groups is 1. The molecular formula is C50H72N10O16S. The van der Waals surface area contributed by atoms with Gasteiger partial charge in [0.2, 0.25) is 53.2 Å². The van der Waals surface area contributed by atoms with Crippen LogP contribution in [0.5, 0.6) is 5.75 Å². The minimum Gasteiger partial charge on any atom is -0.508 e. The van der Waals surface area contributed by atoms with Crippen LogP contribution < -0.4 is 53.6 Å². The molecule has 0 saturated carbocycles. The number of aliphatic carboxylic acids is 3. The number of phenolic OH excluding ortho intramolecular Hbond substituents is 1. The molecule has 77 heavy (non-hydrogen) atoms. The van der Waals surface area contributed by atoms with Gasteiger partial charge >= 0.3 is 17.9 Å². The van der Waals surface area contributed by atoms with E-state index in [4.69, 9.17) is 10.8 Å². The van der Waals surface area contributed by atoms with Gasteiger partial charge in [-0.05, 0) is 94.1 Å². The Morgan fingerprint density at radius 1 is 0.494 bits per heavy atom. The molecule has 15 N–H and O–H groups in total. The number of benzene rings is 2. The zero-order chi connectivity index (χ0) is 57.9. The fourth-order valence-corrected chi connectivity index (χ4v) is 7.63. The number of hydrogen-bond donors (Lipinski definition) is 14. The number of nitrogens with two attached hydrogens (primary N) is 1. The van der Waals surface area contributed by atoms with Crippen molar-refractivity contribution in [2.75, 3.05) is 18.6 Å². The van der Waals surface area contributed by atoms with Crippen molar-refractivity contribution in [3.8, 4) is 5.75 Å². The monoisotopic (exact) mass is 1100 g/mol. The van der Waals surface area contributed by atoms with E-state index in [1.54, 1.807) is 62.6 Å². The summed E-state index contributed by atoms with van der Waals surface area (Å²) in [5.74, 6) is -11.4. The Morgan fingerprint density at radius 2 is 0.935 bits per heavy atom. The van der Waals surface area contributed by atoms with Crippen LogP contribution in [0.25, 0.3) is 0 Å². The van der Waals surface area contributed by atoms with E-state index >= 15 is 0 Å². The van der Waals surface area contributed by atoms with E-state index in [-0.39, 0.29) is 43.8 Å². The average molecular weight is 1100 g/mol. The summed E-state index contributed by atoms with van der Waals surface area (Å²) >= 11 is 1.35. The van der Waals surface area contributed by atoms with Gasteiger partial charge in [0.25, 0.3) is 0 Å². The maximum Gasteiger partial charge on any atom is 0.326 e. The molecule has 424 valence electrons. The van der Waals surface area contributed by atoms with Crippen molar-refractivity contribution in [1.29, 1.82) is 0 Å². The van der Waals surface area contributed by atoms with Crippen LogP contribution in [0.3, 0.4) is 0 Å². The highest BCUT2D eigenvalue weighted by Crippen LogP contribution is 2.13. The number of aromatic hydroxyl groups is 1. The van der Waals surface area contributed by atoms with Crippen molar-refractivity contribution >= 4 is 82.8 Å². The van der Waals surface area contributed by atoms with Crippen molar-refractivity contribution in [2.45, 2.75) is 140 Å². The van der Waals surface area contributed by atoms with Gasteiger partial charge in [-0.2, -0.15) is 11.8 Å². The third-order valence-electron chi connectivity index (χ3n) is 11.5. The number of hydrogen-bond acceptors (Lipinski definition) is 15. The molecule has 0 aromatic heterocycles. The maximum atomic E-state index is 14.0. The molecule has 2 aromatic rings. The smallest absolute Gasteiger partial charge is 0.326 e. The normalized spacial score (nSPS) is 14.4. The highest BCUT2D eigenvalue weighted by atomic mass is 32.2. The van der Waals surface area contributed by atoms with E-state index in [1.165, 1.54) is 44.7 Å². The predicted octanol–water partition coefficient (Wildman–Crippen LogP) is -1.83. The highest BCUT2D eigenvalue weighted by Gasteiger charge is 2.33. The molecule has 9 atom stereocenters. The van der Waals surface area contributed by atoms with Crippen LogP contribution in [-0.2, 0) is 70.4 Å². The zero-order valence-electron chi connectivity index (χ0n) is 43.7. The van der Waals surface area contributed by atoms with Gasteiger partial charge in [-0.15, -0.1) is 0 Å². The fraction of sp³-hybridized carbons (Fsp3) is 0.520. The van der Waals surface area contributed by atoms with Gasteiger partial charge in [0.15, 0.2) is 0 Å². The second-order valence-electron chi connectivity index (χ2n) is 18.6. The number of carboxylic acid groups (broad SMARTS) is 3. The second kappa shape index (κ2) is 33.3. The lowest BCUT2D eigenvalue weighted by Gasteiger charge is -2.27. The van der Waals surface area contributed by atoms with Crippen molar-refractivity contribution in [3.05, 3.63) is 65.7 Å². The van der Waals surface area contributed by atoms with Gasteiger partial charge in [-0.25, -0.2) is 4.79 Å². The SMILES string of the molecule is CSCC[C@H](NC(=O)[C@H](C)NC(=O)CNC(=O)[C@H](C)NC(=O)[C@H](C)NC(=O)[C@H](CCC(=O)O)NC(=O)[C@@H](N)Cc1ccc(O)cc1)C(=O)N[C@@H](Cc1ccccc1)C(=O)N[C@@H](CC(C)C)C(=O)N[C@@H](CCC(=O)O)C(=O)O. The van der Waals surface area contributed by atoms with Crippen LogP contribution in [-0.4, -0.2) is 164 Å². The molecule has 0 fully saturated rings. The average Bonchev–Trinajstić information content (AvgIpc) is 3.36. The van der Waals surface area contributed by atoms with Crippen molar-refractivity contribution in [3.63, 3.8) is 0 Å². The Labute approximate surface area is 449 Å². The Kier molecular flexibility index (Phi) is 28.2. The van der Waals surface area contributed by atoms with E-state index < -0.39 is 151 Å². The highest BCUT2D eigenvalue weighted by molar-refractivity contribution is 7.98. The van der Waals surface area contributed by atoms with Gasteiger partial charge in [0.05, 0.1) is 12.6 Å². The van der Waals surface area contributed by atoms with E-state index in [0.29, 0.717) is 16.9 Å². The summed E-state index contributed by atoms with van der Waals surface area (Å²) in [5, 5.41) is 59.4. The second-order valence-corrected chi connectivity index (χ2v) is 19.5. The molecule has 27 heteroatoms. The minimum absolute atomic E-state index is 0.00247. The van der Waals surface area contributed by atoms with Gasteiger partial charge in [0, 0.05) is 19.3 Å². The molecule has 0 spiro atoms. The fourth-order valence-electron chi connectivity index (χ4n) is 7.16. The molecule has 26 nitrogen and oxygen atoms in total. The molecule has 0 aliphatic carbocycles. The van der Waals surface area contributed by atoms with Crippen LogP contribution >= 0.6 is 11.8 Å². The van der Waals surface area contributed by atoms with Gasteiger partial charge in [-0.3, -0.25) is 52.7 Å². The summed E-state index contributed by atoms with van der Waals surface area (Å²) in [4.78, 5) is 154. The van der Waals surface area contributed by atoms with Gasteiger partial charge in [0.1, 0.15) is 54.1 Å². The lowest BCUT2D eigenvalue weighted by Crippen LogP contribution is -2.59. The molecule has 2 rings (SSSR count). The number of rotatable bonds is 34. The first-order valence-electron chi connectivity index (χ1n) is 24.6. The predicted molar refractivity (Wildman–Crippen MR) is 279 cm³/mol. The molecule has 0 saturated heterocycles. The quantitative estimate of drug-likeness (QED) is 0.0367. The van der Waals surface area contributed by atoms with Crippen molar-refractivity contribution in [1.82, 2.24) is 47.9 Å². The number of carbonyl (C=O) groups excluding carboxylic acids is 9. The van der Waals surface area contributed by atoms with E-state index in [9.17, 15) is 72.9 Å². The lowest BCUT2D eigenvalue weighted by molar-refractivity contribution is -0.143. The Balaban J connectivity index is 2.07. The van der Waals surface area contributed by atoms with Gasteiger partial charge in [-0.1, -0.05) is 56.3 Å². The molecule has 2 aromatic carbocycles. The van der Waals surface area contributed by atoms with Crippen LogP contribution in [0, 0.1) is 5.92 Å². The van der Waals surface area contributed by atoms with E-state index in [1.807, 2.05) is 0 Å². The summed E-state index contributed by atoms with van der Waals surface area (Å²) in [6.45, 7) is 6.69. The largest absolute Gasteiger partial charge is 0.508 e. The first-order valence-corrected chi connectivity index (χ1v) is 26.0. The van der Waals surface area contributed by atoms with Crippen molar-refractivity contribution < 1.29 is 78.0 Å². The van der Waals surface area contributed by atoms with Gasteiger partial charge < -0.3 is 74.0 Å². The number of phenols is 1. The van der Waals surface area contributed by atoms with Crippen LogP contribution in [0.4, 0.5) is 0 Å². The Morgan fingerprint density at radius 3 is 1.51 bits per heavy atom. The zero-order valence-corrected chi connectivity index (χ0v) is 44.5. The molecule has 0 aliphatic rings. The summed E-state index contributed by atoms with van der Waals surface area (Å²) < 4.78 is 0. The maximum absolute atomic E-state index is 14.0. The number of amides is 9. The topological polar surface area (TPSA) is 420 Å². The molecule has 0 unspecified atom stereocenters. The number of nitrogens with one attached hydrogen (secondary N) is 9. The van der Waals surface area contributed by atoms with Crippen LogP contribution in [0.1, 0.15) is 84.3 Å². The third kappa shape index (κ3) is 25.1. The number of carboxylic acids is 3. The Hall–Kier alpha value is -7.81. The third-order valence-corrected chi connectivity index (χ3v) is 12.1. The first kappa shape index (κ1) is 65.3. The summed E-state index contributed by atoms with van der Waals surface area (Å²) in [6.07, 6.45) is -0.0522. The van der Waals surface area contributed by atoms with Crippen molar-refractivity contribution in [2.24, 2.45) is 11.7 Å². The molecule has 0 bridgehead atoms. The van der Waals surface area contributed by atoms with E-state index in [2.05, 4.69) is 47.9 Å². The van der Waals surface area contributed by atoms with Crippen LogP contribution in [0.15, 0.2) is 54.6 Å².